The fourth-order valence-electron chi connectivity index (χ4n) is 2.50. The van der Waals surface area contributed by atoms with Gasteiger partial charge in [0.05, 0.1) is 6.04 Å². The number of hydrazine groups is 1. The van der Waals surface area contributed by atoms with Crippen molar-refractivity contribution < 1.29 is 42.3 Å². The van der Waals surface area contributed by atoms with Gasteiger partial charge in [-0.2, -0.15) is 6.41 Å². The molecule has 2 heterocycles. The summed E-state index contributed by atoms with van der Waals surface area (Å²) in [6.45, 7) is 9.29. The summed E-state index contributed by atoms with van der Waals surface area (Å²) in [7, 11) is 3.77. The summed E-state index contributed by atoms with van der Waals surface area (Å²) in [5.74, 6) is 0.801. The summed E-state index contributed by atoms with van der Waals surface area (Å²) in [6.07, 6.45) is 7.22. The van der Waals surface area contributed by atoms with Crippen molar-refractivity contribution in [3.05, 3.63) is 14.0 Å². The van der Waals surface area contributed by atoms with E-state index in [0.29, 0.717) is 6.54 Å². The van der Waals surface area contributed by atoms with Crippen LogP contribution in [0.15, 0.2) is 0 Å². The minimum Gasteiger partial charge on any atom is -0.520 e. The third-order valence-electron chi connectivity index (χ3n) is 3.96. The van der Waals surface area contributed by atoms with Gasteiger partial charge in [0.15, 0.2) is 0 Å². The van der Waals surface area contributed by atoms with Crippen molar-refractivity contribution in [2.24, 2.45) is 5.92 Å². The van der Waals surface area contributed by atoms with Crippen LogP contribution in [0, 0.1) is 19.9 Å². The molecule has 116 valence electrons. The third-order valence-corrected chi connectivity index (χ3v) is 3.96. The SMILES string of the molecule is CC1CCN([C-]=O)CC1.[CH2-]CN([CH2-])N1CCC[C@H]1C=O.[Y+3]. The summed E-state index contributed by atoms with van der Waals surface area (Å²) in [4.78, 5) is 22.3. The van der Waals surface area contributed by atoms with Gasteiger partial charge >= 0.3 is 32.7 Å². The number of rotatable bonds is 4. The molecule has 2 aliphatic rings. The molecular weight excluding hydrogens is 343 g/mol. The number of piperidine rings is 1. The van der Waals surface area contributed by atoms with E-state index in [1.54, 1.807) is 9.91 Å². The van der Waals surface area contributed by atoms with E-state index in [2.05, 4.69) is 20.9 Å². The van der Waals surface area contributed by atoms with E-state index in [1.165, 1.54) is 0 Å². The van der Waals surface area contributed by atoms with Crippen molar-refractivity contribution >= 4 is 12.7 Å². The van der Waals surface area contributed by atoms with E-state index < -0.39 is 0 Å². The monoisotopic (exact) mass is 369 g/mol. The summed E-state index contributed by atoms with van der Waals surface area (Å²) < 4.78 is 0. The molecule has 2 saturated heterocycles. The van der Waals surface area contributed by atoms with Gasteiger partial charge in [0.1, 0.15) is 6.29 Å². The Labute approximate surface area is 154 Å². The van der Waals surface area contributed by atoms with E-state index >= 15 is 0 Å². The van der Waals surface area contributed by atoms with Crippen LogP contribution in [0.1, 0.15) is 32.6 Å². The molecule has 1 amide bonds. The maximum atomic E-state index is 10.5. The minimum absolute atomic E-state index is 0. The predicted octanol–water partition coefficient (Wildman–Crippen LogP) is 1.28. The Kier molecular flexibility index (Phi) is 11.8. The quantitative estimate of drug-likeness (QED) is 0.553. The second-order valence-corrected chi connectivity index (χ2v) is 5.50. The van der Waals surface area contributed by atoms with Gasteiger partial charge in [-0.05, 0) is 44.7 Å². The van der Waals surface area contributed by atoms with E-state index in [9.17, 15) is 9.59 Å². The normalized spacial score (nSPS) is 23.2. The van der Waals surface area contributed by atoms with Gasteiger partial charge in [-0.1, -0.05) is 6.92 Å². The van der Waals surface area contributed by atoms with Crippen molar-refractivity contribution in [1.29, 1.82) is 0 Å². The Balaban J connectivity index is 0.000000370. The zero-order chi connectivity index (χ0) is 15.0. The number of carbonyl (C=O) groups excluding carboxylic acids is 2. The van der Waals surface area contributed by atoms with Crippen LogP contribution in [0.2, 0.25) is 0 Å². The molecule has 0 bridgehead atoms. The maximum absolute atomic E-state index is 10.5. The molecule has 0 aromatic carbocycles. The number of nitrogens with zero attached hydrogens (tertiary/aromatic N) is 3. The summed E-state index contributed by atoms with van der Waals surface area (Å²) in [5.41, 5.74) is 0. The van der Waals surface area contributed by atoms with Crippen LogP contribution in [0.5, 0.6) is 0 Å². The van der Waals surface area contributed by atoms with Crippen LogP contribution >= 0.6 is 0 Å². The topological polar surface area (TPSA) is 43.9 Å². The van der Waals surface area contributed by atoms with E-state index in [-0.39, 0.29) is 38.8 Å². The Morgan fingerprint density at radius 2 is 1.90 bits per heavy atom. The van der Waals surface area contributed by atoms with Gasteiger partial charge in [-0.25, -0.2) is 0 Å². The van der Waals surface area contributed by atoms with Crippen LogP contribution in [-0.2, 0) is 42.3 Å². The molecule has 0 N–H and O–H groups in total. The molecule has 0 spiro atoms. The molecule has 21 heavy (non-hydrogen) atoms. The largest absolute Gasteiger partial charge is 3.00 e. The Morgan fingerprint density at radius 3 is 2.38 bits per heavy atom. The number of hydrogen-bond acceptors (Lipinski definition) is 4. The summed E-state index contributed by atoms with van der Waals surface area (Å²) in [6, 6.07) is 0.0363. The van der Waals surface area contributed by atoms with Crippen LogP contribution in [0.4, 0.5) is 0 Å². The van der Waals surface area contributed by atoms with E-state index in [1.807, 2.05) is 11.4 Å². The average molecular weight is 369 g/mol. The molecule has 0 unspecified atom stereocenters. The summed E-state index contributed by atoms with van der Waals surface area (Å²) in [5, 5.41) is 3.73. The first-order valence-corrected chi connectivity index (χ1v) is 7.34. The van der Waals surface area contributed by atoms with Gasteiger partial charge in [0.2, 0.25) is 0 Å². The molecule has 0 saturated carbocycles. The van der Waals surface area contributed by atoms with Gasteiger partial charge in [0, 0.05) is 6.54 Å². The van der Waals surface area contributed by atoms with Crippen molar-refractivity contribution in [1.82, 2.24) is 14.9 Å². The smallest absolute Gasteiger partial charge is 0.520 e. The van der Waals surface area contributed by atoms with Crippen molar-refractivity contribution in [3.63, 3.8) is 0 Å². The molecule has 0 radical (unpaired) electrons. The molecule has 2 rings (SSSR count). The molecule has 2 aliphatic heterocycles. The van der Waals surface area contributed by atoms with Crippen molar-refractivity contribution in [3.8, 4) is 0 Å². The first-order chi connectivity index (χ1) is 9.62. The minimum atomic E-state index is 0. The number of aldehydes is 1. The number of likely N-dealkylation sites (tertiary alicyclic amines) is 1. The number of carbonyl (C=O) groups is 1. The molecule has 5 nitrogen and oxygen atoms in total. The summed E-state index contributed by atoms with van der Waals surface area (Å²) >= 11 is 0. The fraction of sp³-hybridized carbons (Fsp3) is 0.733. The first kappa shape index (κ1) is 21.2. The number of hydrogen-bond donors (Lipinski definition) is 0. The van der Waals surface area contributed by atoms with E-state index in [4.69, 9.17) is 0 Å². The zero-order valence-corrected chi connectivity index (χ0v) is 15.9. The Morgan fingerprint density at radius 1 is 1.29 bits per heavy atom. The standard InChI is InChI=1S/C8H14N2O.C7H12NO.Y/c1-3-9(2)10-6-4-5-8(10)7-11;1-7-2-4-8(6-9)5-3-7;/h7-8H,1-6H2;7H,2-5H2,1H3;/q-2;-1;+3/t8-;;/m0../s1. The van der Waals surface area contributed by atoms with Crippen LogP contribution < -0.4 is 0 Å². The van der Waals surface area contributed by atoms with Crippen LogP contribution in [0.25, 0.3) is 0 Å². The van der Waals surface area contributed by atoms with Crippen LogP contribution in [-0.4, -0.2) is 59.8 Å². The first-order valence-electron chi connectivity index (χ1n) is 7.34. The van der Waals surface area contributed by atoms with Gasteiger partial charge in [-0.3, -0.25) is 12.1 Å². The van der Waals surface area contributed by atoms with Gasteiger partial charge in [0.25, 0.3) is 0 Å². The van der Waals surface area contributed by atoms with Gasteiger partial charge in [-0.15, -0.1) is 6.54 Å². The second kappa shape index (κ2) is 11.7. The number of amides is 1. The van der Waals surface area contributed by atoms with Gasteiger partial charge < -0.3 is 26.4 Å². The fourth-order valence-corrected chi connectivity index (χ4v) is 2.50. The molecule has 0 aliphatic carbocycles. The molecule has 0 aromatic heterocycles. The van der Waals surface area contributed by atoms with Crippen molar-refractivity contribution in [2.45, 2.75) is 38.6 Å². The van der Waals surface area contributed by atoms with E-state index in [0.717, 1.165) is 57.5 Å². The molecule has 0 aromatic rings. The molecule has 1 atom stereocenters. The molecule has 2 fully saturated rings. The van der Waals surface area contributed by atoms with Crippen LogP contribution in [0.3, 0.4) is 0 Å². The molecular formula is C15H26N3O2Y. The molecule has 6 heteroatoms. The third kappa shape index (κ3) is 7.31. The second-order valence-electron chi connectivity index (χ2n) is 5.50. The average Bonchev–Trinajstić information content (AvgIpc) is 2.96. The maximum Gasteiger partial charge on any atom is 3.00 e. The van der Waals surface area contributed by atoms with Crippen molar-refractivity contribution in [2.75, 3.05) is 26.2 Å². The predicted molar refractivity (Wildman–Crippen MR) is 78.9 cm³/mol. The Bertz CT molecular complexity index is 297. The zero-order valence-electron chi connectivity index (χ0n) is 13.0. The Hall–Kier alpha value is 0.164.